The van der Waals surface area contributed by atoms with Gasteiger partial charge in [-0.2, -0.15) is 4.31 Å². The second-order valence-corrected chi connectivity index (χ2v) is 7.28. The number of hydrogen-bond donors (Lipinski definition) is 1. The molecule has 16 heavy (non-hydrogen) atoms. The molecule has 0 amide bonds. The van der Waals surface area contributed by atoms with E-state index in [1.807, 2.05) is 13.0 Å². The Labute approximate surface area is 99.6 Å². The van der Waals surface area contributed by atoms with Crippen molar-refractivity contribution in [3.8, 4) is 0 Å². The lowest BCUT2D eigenvalue weighted by molar-refractivity contribution is 0.117. The average molecular weight is 261 g/mol. The summed E-state index contributed by atoms with van der Waals surface area (Å²) in [7, 11) is -3.29. The molecule has 0 aliphatic carbocycles. The number of sulfonamides is 1. The van der Waals surface area contributed by atoms with E-state index in [0.29, 0.717) is 17.3 Å². The Morgan fingerprint density at radius 3 is 2.69 bits per heavy atom. The van der Waals surface area contributed by atoms with Gasteiger partial charge in [-0.1, -0.05) is 6.92 Å². The molecular formula is C10H15NO3S2. The normalized spacial score (nSPS) is 18.6. The second kappa shape index (κ2) is 4.44. The number of aliphatic hydroxyl groups excluding tert-OH is 1. The van der Waals surface area contributed by atoms with Gasteiger partial charge in [0, 0.05) is 30.5 Å². The summed E-state index contributed by atoms with van der Waals surface area (Å²) in [6.07, 6.45) is 0.861. The number of rotatable bonds is 4. The molecule has 2 rings (SSSR count). The molecule has 2 heterocycles. The van der Waals surface area contributed by atoms with Gasteiger partial charge in [0.15, 0.2) is 0 Å². The first kappa shape index (κ1) is 12.0. The van der Waals surface area contributed by atoms with Crippen LogP contribution in [0.3, 0.4) is 0 Å². The van der Waals surface area contributed by atoms with Gasteiger partial charge >= 0.3 is 0 Å². The fraction of sp³-hybridized carbons (Fsp3) is 0.600. The minimum Gasteiger partial charge on any atom is -0.396 e. The Morgan fingerprint density at radius 1 is 1.50 bits per heavy atom. The van der Waals surface area contributed by atoms with Gasteiger partial charge in [0.2, 0.25) is 0 Å². The van der Waals surface area contributed by atoms with Crippen LogP contribution >= 0.6 is 11.3 Å². The Kier molecular flexibility index (Phi) is 3.34. The highest BCUT2D eigenvalue weighted by molar-refractivity contribution is 7.91. The smallest absolute Gasteiger partial charge is 0.252 e. The molecule has 1 aliphatic heterocycles. The van der Waals surface area contributed by atoms with Gasteiger partial charge in [0.05, 0.1) is 0 Å². The number of hydrogen-bond acceptors (Lipinski definition) is 4. The maximum atomic E-state index is 12.1. The minimum atomic E-state index is -3.29. The largest absolute Gasteiger partial charge is 0.396 e. The van der Waals surface area contributed by atoms with Gasteiger partial charge in [-0.15, -0.1) is 11.3 Å². The zero-order valence-corrected chi connectivity index (χ0v) is 10.7. The van der Waals surface area contributed by atoms with Crippen LogP contribution in [0.5, 0.6) is 0 Å². The highest BCUT2D eigenvalue weighted by Crippen LogP contribution is 2.29. The molecule has 0 unspecified atom stereocenters. The molecule has 1 fully saturated rings. The topological polar surface area (TPSA) is 57.6 Å². The zero-order valence-electron chi connectivity index (χ0n) is 9.09. The van der Waals surface area contributed by atoms with Crippen LogP contribution in [0.4, 0.5) is 0 Å². The van der Waals surface area contributed by atoms with Gasteiger partial charge < -0.3 is 5.11 Å². The molecule has 90 valence electrons. The molecule has 1 aromatic rings. The first-order valence-corrected chi connectivity index (χ1v) is 7.53. The Morgan fingerprint density at radius 2 is 2.19 bits per heavy atom. The predicted molar refractivity (Wildman–Crippen MR) is 63.0 cm³/mol. The SMILES string of the molecule is CCc1ccc(S(=O)(=O)N2CC(CO)C2)s1. The quantitative estimate of drug-likeness (QED) is 0.877. The van der Waals surface area contributed by atoms with E-state index in [1.54, 1.807) is 6.07 Å². The Hall–Kier alpha value is -0.430. The van der Waals surface area contributed by atoms with Gasteiger partial charge in [0.25, 0.3) is 10.0 Å². The van der Waals surface area contributed by atoms with Crippen LogP contribution < -0.4 is 0 Å². The maximum absolute atomic E-state index is 12.1. The Bertz CT molecular complexity index is 460. The van der Waals surface area contributed by atoms with Crippen molar-refractivity contribution in [1.82, 2.24) is 4.31 Å². The lowest BCUT2D eigenvalue weighted by Crippen LogP contribution is -2.50. The van der Waals surface area contributed by atoms with E-state index >= 15 is 0 Å². The standard InChI is InChI=1S/C10H15NO3S2/c1-2-9-3-4-10(15-9)16(13,14)11-5-8(6-11)7-12/h3-4,8,12H,2,5-7H2,1H3. The molecule has 0 spiro atoms. The molecule has 1 aromatic heterocycles. The maximum Gasteiger partial charge on any atom is 0.252 e. The van der Waals surface area contributed by atoms with Crippen molar-refractivity contribution in [2.45, 2.75) is 17.6 Å². The second-order valence-electron chi connectivity index (χ2n) is 3.94. The lowest BCUT2D eigenvalue weighted by Gasteiger charge is -2.36. The number of nitrogens with zero attached hydrogens (tertiary/aromatic N) is 1. The van der Waals surface area contributed by atoms with Crippen LogP contribution in [-0.2, 0) is 16.4 Å². The summed E-state index contributed by atoms with van der Waals surface area (Å²) in [6, 6.07) is 3.53. The first-order valence-electron chi connectivity index (χ1n) is 5.27. The van der Waals surface area contributed by atoms with E-state index < -0.39 is 10.0 Å². The lowest BCUT2D eigenvalue weighted by atomic mass is 10.1. The van der Waals surface area contributed by atoms with Crippen LogP contribution in [0.15, 0.2) is 16.3 Å². The van der Waals surface area contributed by atoms with Crippen molar-refractivity contribution in [1.29, 1.82) is 0 Å². The molecule has 1 N–H and O–H groups in total. The summed E-state index contributed by atoms with van der Waals surface area (Å²) < 4.78 is 26.0. The van der Waals surface area contributed by atoms with E-state index in [-0.39, 0.29) is 12.5 Å². The monoisotopic (exact) mass is 261 g/mol. The van der Waals surface area contributed by atoms with E-state index in [9.17, 15) is 8.42 Å². The highest BCUT2D eigenvalue weighted by Gasteiger charge is 2.36. The summed E-state index contributed by atoms with van der Waals surface area (Å²) in [5.74, 6) is 0.111. The molecule has 6 heteroatoms. The number of thiophene rings is 1. The molecular weight excluding hydrogens is 246 g/mol. The van der Waals surface area contributed by atoms with Crippen LogP contribution in [0.2, 0.25) is 0 Å². The summed E-state index contributed by atoms with van der Waals surface area (Å²) >= 11 is 1.33. The van der Waals surface area contributed by atoms with E-state index in [4.69, 9.17) is 5.11 Å². The molecule has 0 atom stereocenters. The third-order valence-corrected chi connectivity index (χ3v) is 6.29. The van der Waals surface area contributed by atoms with E-state index in [1.165, 1.54) is 15.6 Å². The molecule has 1 aliphatic rings. The molecule has 0 bridgehead atoms. The predicted octanol–water partition coefficient (Wildman–Crippen LogP) is 0.923. The molecule has 1 saturated heterocycles. The zero-order chi connectivity index (χ0) is 11.8. The summed E-state index contributed by atoms with van der Waals surface area (Å²) in [6.45, 7) is 2.96. The average Bonchev–Trinajstić information content (AvgIpc) is 2.64. The van der Waals surface area contributed by atoms with Crippen molar-refractivity contribution in [2.75, 3.05) is 19.7 Å². The third kappa shape index (κ3) is 2.02. The van der Waals surface area contributed by atoms with Crippen molar-refractivity contribution >= 4 is 21.4 Å². The van der Waals surface area contributed by atoms with Crippen molar-refractivity contribution in [2.24, 2.45) is 5.92 Å². The third-order valence-electron chi connectivity index (χ3n) is 2.76. The van der Waals surface area contributed by atoms with Crippen LogP contribution in [-0.4, -0.2) is 37.5 Å². The molecule has 0 saturated carbocycles. The summed E-state index contributed by atoms with van der Waals surface area (Å²) in [5.41, 5.74) is 0. The van der Waals surface area contributed by atoms with Gasteiger partial charge in [-0.25, -0.2) is 8.42 Å². The van der Waals surface area contributed by atoms with Crippen molar-refractivity contribution in [3.05, 3.63) is 17.0 Å². The summed E-state index contributed by atoms with van der Waals surface area (Å²) in [4.78, 5) is 1.08. The van der Waals surface area contributed by atoms with E-state index in [2.05, 4.69) is 0 Å². The number of aliphatic hydroxyl groups is 1. The molecule has 4 nitrogen and oxygen atoms in total. The highest BCUT2D eigenvalue weighted by atomic mass is 32.2. The van der Waals surface area contributed by atoms with Crippen molar-refractivity contribution < 1.29 is 13.5 Å². The van der Waals surface area contributed by atoms with Crippen molar-refractivity contribution in [3.63, 3.8) is 0 Å². The van der Waals surface area contributed by atoms with Gasteiger partial charge in [0.1, 0.15) is 4.21 Å². The Balaban J connectivity index is 2.14. The first-order chi connectivity index (χ1) is 7.57. The van der Waals surface area contributed by atoms with Crippen LogP contribution in [0.25, 0.3) is 0 Å². The fourth-order valence-electron chi connectivity index (χ4n) is 1.65. The molecule has 0 aromatic carbocycles. The van der Waals surface area contributed by atoms with Gasteiger partial charge in [-0.05, 0) is 18.6 Å². The number of aryl methyl sites for hydroxylation is 1. The van der Waals surface area contributed by atoms with Gasteiger partial charge in [-0.3, -0.25) is 0 Å². The molecule has 0 radical (unpaired) electrons. The minimum absolute atomic E-state index is 0.0661. The van der Waals surface area contributed by atoms with Crippen LogP contribution in [0.1, 0.15) is 11.8 Å². The fourth-order valence-corrected chi connectivity index (χ4v) is 4.69. The van der Waals surface area contributed by atoms with E-state index in [0.717, 1.165) is 11.3 Å². The summed E-state index contributed by atoms with van der Waals surface area (Å²) in [5, 5.41) is 8.86. The van der Waals surface area contributed by atoms with Crippen LogP contribution in [0, 0.1) is 5.92 Å².